The molecule has 0 unspecified atom stereocenters. The topological polar surface area (TPSA) is 58.6 Å². The number of benzene rings is 3. The lowest BCUT2D eigenvalue weighted by Gasteiger charge is -2.31. The van der Waals surface area contributed by atoms with Crippen molar-refractivity contribution in [1.82, 2.24) is 0 Å². The fourth-order valence-corrected chi connectivity index (χ4v) is 4.01. The minimum Gasteiger partial charge on any atom is -0.497 e. The number of aryl methyl sites for hydroxylation is 1. The molecule has 0 aliphatic carbocycles. The van der Waals surface area contributed by atoms with E-state index in [1.807, 2.05) is 47.4 Å². The summed E-state index contributed by atoms with van der Waals surface area (Å²) in [5.41, 5.74) is 3.90. The van der Waals surface area contributed by atoms with Crippen LogP contribution in [0.5, 0.6) is 5.75 Å². The predicted molar refractivity (Wildman–Crippen MR) is 123 cm³/mol. The fraction of sp³-hybridized carbons (Fsp3) is 0.231. The Morgan fingerprint density at radius 1 is 1.06 bits per heavy atom. The van der Waals surface area contributed by atoms with E-state index < -0.39 is 0 Å². The molecule has 0 atom stereocenters. The number of ether oxygens (including phenoxy) is 1. The quantitative estimate of drug-likeness (QED) is 0.596. The molecule has 1 N–H and O–H groups in total. The standard InChI is InChI=1S/C26H25FN2O3/c1-32-21-6-2-5-18(17-21)10-15-25(30)29-16-4-7-22-23(8-3-9-24(22)29)28-26(31)19-11-13-20(27)14-12-19/h2-3,5-6,8-9,11-14,17H,4,7,10,15-16H2,1H3,(H,28,31). The van der Waals surface area contributed by atoms with Gasteiger partial charge >= 0.3 is 0 Å². The number of fused-ring (bicyclic) bond motifs is 1. The summed E-state index contributed by atoms with van der Waals surface area (Å²) in [6.45, 7) is 0.652. The molecule has 0 bridgehead atoms. The third-order valence-corrected chi connectivity index (χ3v) is 5.67. The highest BCUT2D eigenvalue weighted by Gasteiger charge is 2.24. The van der Waals surface area contributed by atoms with Crippen molar-refractivity contribution in [3.05, 3.63) is 89.2 Å². The van der Waals surface area contributed by atoms with E-state index in [0.717, 1.165) is 35.4 Å². The van der Waals surface area contributed by atoms with Gasteiger partial charge in [0.05, 0.1) is 7.11 Å². The maximum atomic E-state index is 13.2. The lowest BCUT2D eigenvalue weighted by molar-refractivity contribution is -0.118. The lowest BCUT2D eigenvalue weighted by Crippen LogP contribution is -2.36. The molecule has 1 aliphatic rings. The molecule has 0 saturated carbocycles. The second-order valence-corrected chi connectivity index (χ2v) is 7.76. The van der Waals surface area contributed by atoms with Crippen molar-refractivity contribution >= 4 is 23.2 Å². The molecule has 32 heavy (non-hydrogen) atoms. The Kier molecular flexibility index (Phi) is 6.50. The first-order chi connectivity index (χ1) is 15.5. The van der Waals surface area contributed by atoms with Gasteiger partial charge in [0.1, 0.15) is 11.6 Å². The normalized spacial score (nSPS) is 12.8. The Labute approximate surface area is 186 Å². The molecule has 1 heterocycles. The highest BCUT2D eigenvalue weighted by atomic mass is 19.1. The fourth-order valence-electron chi connectivity index (χ4n) is 4.01. The van der Waals surface area contributed by atoms with Gasteiger partial charge in [-0.3, -0.25) is 9.59 Å². The number of amides is 2. The van der Waals surface area contributed by atoms with Crippen LogP contribution in [-0.4, -0.2) is 25.5 Å². The molecule has 3 aromatic rings. The largest absolute Gasteiger partial charge is 0.497 e. The van der Waals surface area contributed by atoms with Crippen LogP contribution in [0.25, 0.3) is 0 Å². The molecule has 164 valence electrons. The van der Waals surface area contributed by atoms with Crippen LogP contribution in [0.2, 0.25) is 0 Å². The van der Waals surface area contributed by atoms with E-state index in [9.17, 15) is 14.0 Å². The van der Waals surface area contributed by atoms with E-state index in [0.29, 0.717) is 30.6 Å². The van der Waals surface area contributed by atoms with Gasteiger partial charge in [0, 0.05) is 29.9 Å². The number of anilines is 2. The van der Waals surface area contributed by atoms with Gasteiger partial charge in [-0.15, -0.1) is 0 Å². The number of halogens is 1. The summed E-state index contributed by atoms with van der Waals surface area (Å²) in [4.78, 5) is 27.5. The van der Waals surface area contributed by atoms with Gasteiger partial charge < -0.3 is 15.0 Å². The van der Waals surface area contributed by atoms with Crippen LogP contribution < -0.4 is 15.0 Å². The number of nitrogens with one attached hydrogen (secondary N) is 1. The van der Waals surface area contributed by atoms with Gasteiger partial charge in [-0.1, -0.05) is 18.2 Å². The van der Waals surface area contributed by atoms with Gasteiger partial charge in [0.2, 0.25) is 5.91 Å². The van der Waals surface area contributed by atoms with Crippen molar-refractivity contribution in [2.24, 2.45) is 0 Å². The van der Waals surface area contributed by atoms with Gasteiger partial charge in [0.15, 0.2) is 0 Å². The maximum absolute atomic E-state index is 13.2. The average molecular weight is 432 g/mol. The third-order valence-electron chi connectivity index (χ3n) is 5.67. The molecule has 6 heteroatoms. The van der Waals surface area contributed by atoms with E-state index in [1.54, 1.807) is 7.11 Å². The summed E-state index contributed by atoms with van der Waals surface area (Å²) in [7, 11) is 1.63. The zero-order valence-electron chi connectivity index (χ0n) is 17.9. The van der Waals surface area contributed by atoms with Crippen molar-refractivity contribution in [3.8, 4) is 5.75 Å². The van der Waals surface area contributed by atoms with E-state index in [-0.39, 0.29) is 17.6 Å². The van der Waals surface area contributed by atoms with Gasteiger partial charge in [-0.2, -0.15) is 0 Å². The first-order valence-electron chi connectivity index (χ1n) is 10.7. The SMILES string of the molecule is COc1cccc(CCC(=O)N2CCCc3c(NC(=O)c4ccc(F)cc4)cccc32)c1. The number of carbonyl (C=O) groups is 2. The van der Waals surface area contributed by atoms with E-state index in [4.69, 9.17) is 4.74 Å². The molecule has 3 aromatic carbocycles. The number of hydrogen-bond donors (Lipinski definition) is 1. The second kappa shape index (κ2) is 9.64. The van der Waals surface area contributed by atoms with Crippen LogP contribution in [0.1, 0.15) is 34.3 Å². The molecule has 5 nitrogen and oxygen atoms in total. The smallest absolute Gasteiger partial charge is 0.255 e. The molecular weight excluding hydrogens is 407 g/mol. The highest BCUT2D eigenvalue weighted by Crippen LogP contribution is 2.33. The monoisotopic (exact) mass is 432 g/mol. The molecule has 4 rings (SSSR count). The molecule has 1 aliphatic heterocycles. The molecule has 0 spiro atoms. The van der Waals surface area contributed by atoms with Crippen molar-refractivity contribution in [2.75, 3.05) is 23.9 Å². The highest BCUT2D eigenvalue weighted by molar-refractivity contribution is 6.05. The summed E-state index contributed by atoms with van der Waals surface area (Å²) in [5, 5.41) is 2.92. The molecule has 0 fully saturated rings. The predicted octanol–water partition coefficient (Wildman–Crippen LogP) is 5.00. The molecular formula is C26H25FN2O3. The summed E-state index contributed by atoms with van der Waals surface area (Å²) in [6.07, 6.45) is 2.61. The second-order valence-electron chi connectivity index (χ2n) is 7.76. The van der Waals surface area contributed by atoms with Gasteiger partial charge in [-0.25, -0.2) is 4.39 Å². The summed E-state index contributed by atoms with van der Waals surface area (Å²) in [5.74, 6) is 0.136. The summed E-state index contributed by atoms with van der Waals surface area (Å²) in [6, 6.07) is 18.8. The maximum Gasteiger partial charge on any atom is 0.255 e. The Hall–Kier alpha value is -3.67. The number of rotatable bonds is 6. The zero-order valence-corrected chi connectivity index (χ0v) is 17.9. The van der Waals surface area contributed by atoms with Gasteiger partial charge in [0.25, 0.3) is 5.91 Å². The molecule has 0 saturated heterocycles. The Morgan fingerprint density at radius 3 is 2.62 bits per heavy atom. The molecule has 0 aromatic heterocycles. The Bertz CT molecular complexity index is 1130. The van der Waals surface area contributed by atoms with Crippen molar-refractivity contribution < 1.29 is 18.7 Å². The number of hydrogen-bond acceptors (Lipinski definition) is 3. The van der Waals surface area contributed by atoms with Crippen LogP contribution >= 0.6 is 0 Å². The number of carbonyl (C=O) groups excluding carboxylic acids is 2. The van der Waals surface area contributed by atoms with Crippen molar-refractivity contribution in [3.63, 3.8) is 0 Å². The number of nitrogens with zero attached hydrogens (tertiary/aromatic N) is 1. The lowest BCUT2D eigenvalue weighted by atomic mass is 9.98. The Morgan fingerprint density at radius 2 is 1.84 bits per heavy atom. The van der Waals surface area contributed by atoms with Gasteiger partial charge in [-0.05, 0) is 78.9 Å². The van der Waals surface area contributed by atoms with Crippen LogP contribution in [0.3, 0.4) is 0 Å². The molecule has 2 amide bonds. The van der Waals surface area contributed by atoms with Crippen LogP contribution in [0, 0.1) is 5.82 Å². The first kappa shape index (κ1) is 21.6. The van der Waals surface area contributed by atoms with Crippen molar-refractivity contribution in [2.45, 2.75) is 25.7 Å². The zero-order chi connectivity index (χ0) is 22.5. The average Bonchev–Trinajstić information content (AvgIpc) is 2.83. The van der Waals surface area contributed by atoms with E-state index in [2.05, 4.69) is 5.32 Å². The first-order valence-corrected chi connectivity index (χ1v) is 10.7. The number of methoxy groups -OCH3 is 1. The van der Waals surface area contributed by atoms with E-state index in [1.165, 1.54) is 24.3 Å². The minimum absolute atomic E-state index is 0.0516. The third kappa shape index (κ3) is 4.80. The van der Waals surface area contributed by atoms with Crippen LogP contribution in [-0.2, 0) is 17.6 Å². The van der Waals surface area contributed by atoms with Crippen LogP contribution in [0.15, 0.2) is 66.7 Å². The van der Waals surface area contributed by atoms with E-state index >= 15 is 0 Å². The van der Waals surface area contributed by atoms with Crippen molar-refractivity contribution in [1.29, 1.82) is 0 Å². The minimum atomic E-state index is -0.387. The summed E-state index contributed by atoms with van der Waals surface area (Å²) < 4.78 is 18.4. The van der Waals surface area contributed by atoms with Crippen LogP contribution in [0.4, 0.5) is 15.8 Å². The molecule has 0 radical (unpaired) electrons. The summed E-state index contributed by atoms with van der Waals surface area (Å²) >= 11 is 0. The Balaban J connectivity index is 1.49.